The highest BCUT2D eigenvalue weighted by molar-refractivity contribution is 7.09. The van der Waals surface area contributed by atoms with Crippen LogP contribution in [0.15, 0.2) is 17.5 Å². The van der Waals surface area contributed by atoms with Crippen LogP contribution in [0.3, 0.4) is 0 Å². The van der Waals surface area contributed by atoms with E-state index in [1.807, 2.05) is 0 Å². The molecule has 0 unspecified atom stereocenters. The van der Waals surface area contributed by atoms with Crippen LogP contribution >= 0.6 is 11.3 Å². The summed E-state index contributed by atoms with van der Waals surface area (Å²) in [6.07, 6.45) is 2.85. The Hall–Kier alpha value is -0.910. The first kappa shape index (κ1) is 13.5. The van der Waals surface area contributed by atoms with E-state index in [9.17, 15) is 4.79 Å². The maximum Gasteiger partial charge on any atom is 0.234 e. The van der Waals surface area contributed by atoms with E-state index < -0.39 is 0 Å². The van der Waals surface area contributed by atoms with Gasteiger partial charge in [-0.2, -0.15) is 0 Å². The number of amides is 1. The van der Waals surface area contributed by atoms with Crippen molar-refractivity contribution in [3.05, 3.63) is 22.4 Å². The number of nitrogens with one attached hydrogen (secondary N) is 2. The smallest absolute Gasteiger partial charge is 0.234 e. The predicted molar refractivity (Wildman–Crippen MR) is 72.9 cm³/mol. The van der Waals surface area contributed by atoms with Crippen LogP contribution in [0.4, 0.5) is 0 Å². The van der Waals surface area contributed by atoms with Gasteiger partial charge in [0, 0.05) is 30.7 Å². The van der Waals surface area contributed by atoms with Crippen molar-refractivity contribution >= 4 is 17.2 Å². The van der Waals surface area contributed by atoms with Crippen LogP contribution in [0.2, 0.25) is 0 Å². The van der Waals surface area contributed by atoms with Crippen LogP contribution in [0.1, 0.15) is 17.7 Å². The summed E-state index contributed by atoms with van der Waals surface area (Å²) in [6.45, 7) is 2.78. The van der Waals surface area contributed by atoms with Gasteiger partial charge in [-0.3, -0.25) is 4.79 Å². The molecule has 2 heterocycles. The molecule has 100 valence electrons. The van der Waals surface area contributed by atoms with Gasteiger partial charge in [-0.15, -0.1) is 11.3 Å². The molecule has 0 spiro atoms. The highest BCUT2D eigenvalue weighted by atomic mass is 32.1. The SMILES string of the molecule is O=C(CNCCc1cccs1)NC1CCOCC1. The second-order valence-electron chi connectivity index (χ2n) is 4.46. The minimum atomic E-state index is 0.0908. The highest BCUT2D eigenvalue weighted by Gasteiger charge is 2.15. The lowest BCUT2D eigenvalue weighted by Crippen LogP contribution is -2.43. The van der Waals surface area contributed by atoms with Gasteiger partial charge in [0.2, 0.25) is 5.91 Å². The van der Waals surface area contributed by atoms with Crippen LogP contribution in [0.25, 0.3) is 0 Å². The average Bonchev–Trinajstić information content (AvgIpc) is 2.89. The van der Waals surface area contributed by atoms with Crippen LogP contribution < -0.4 is 10.6 Å². The van der Waals surface area contributed by atoms with Gasteiger partial charge < -0.3 is 15.4 Å². The summed E-state index contributed by atoms with van der Waals surface area (Å²) in [5.74, 6) is 0.0908. The number of ether oxygens (including phenoxy) is 1. The molecule has 1 aromatic rings. The van der Waals surface area contributed by atoms with Crippen LogP contribution in [0.5, 0.6) is 0 Å². The number of rotatable bonds is 6. The number of hydrogen-bond acceptors (Lipinski definition) is 4. The van der Waals surface area contributed by atoms with Gasteiger partial charge in [0.05, 0.1) is 6.54 Å². The van der Waals surface area contributed by atoms with Gasteiger partial charge >= 0.3 is 0 Å². The van der Waals surface area contributed by atoms with E-state index in [4.69, 9.17) is 4.74 Å². The van der Waals surface area contributed by atoms with E-state index in [1.165, 1.54) is 4.88 Å². The minimum absolute atomic E-state index is 0.0908. The zero-order chi connectivity index (χ0) is 12.6. The van der Waals surface area contributed by atoms with E-state index >= 15 is 0 Å². The van der Waals surface area contributed by atoms with E-state index in [0.717, 1.165) is 39.0 Å². The maximum atomic E-state index is 11.7. The Morgan fingerprint density at radius 1 is 1.44 bits per heavy atom. The number of thiophene rings is 1. The van der Waals surface area contributed by atoms with E-state index in [0.29, 0.717) is 12.6 Å². The summed E-state index contributed by atoms with van der Waals surface area (Å²) >= 11 is 1.76. The third-order valence-electron chi connectivity index (χ3n) is 3.00. The van der Waals surface area contributed by atoms with Crippen LogP contribution in [-0.2, 0) is 16.0 Å². The fraction of sp³-hybridized carbons (Fsp3) is 0.615. The van der Waals surface area contributed by atoms with Gasteiger partial charge in [0.15, 0.2) is 0 Å². The van der Waals surface area contributed by atoms with Crippen molar-refractivity contribution < 1.29 is 9.53 Å². The predicted octanol–water partition coefficient (Wildman–Crippen LogP) is 1.18. The summed E-state index contributed by atoms with van der Waals surface area (Å²) in [6, 6.07) is 4.47. The third-order valence-corrected chi connectivity index (χ3v) is 3.94. The molecule has 1 aliphatic rings. The molecule has 4 nitrogen and oxygen atoms in total. The largest absolute Gasteiger partial charge is 0.381 e. The van der Waals surface area contributed by atoms with Crippen LogP contribution in [0, 0.1) is 0 Å². The first-order valence-corrected chi connectivity index (χ1v) is 7.33. The van der Waals surface area contributed by atoms with Gasteiger partial charge in [-0.25, -0.2) is 0 Å². The lowest BCUT2D eigenvalue weighted by atomic mass is 10.1. The van der Waals surface area contributed by atoms with Crippen molar-refractivity contribution in [1.29, 1.82) is 0 Å². The molecule has 1 saturated heterocycles. The molecule has 2 N–H and O–H groups in total. The molecule has 1 aromatic heterocycles. The van der Waals surface area contributed by atoms with Gasteiger partial charge in [0.25, 0.3) is 0 Å². The van der Waals surface area contributed by atoms with Gasteiger partial charge in [-0.1, -0.05) is 6.07 Å². The molecule has 1 fully saturated rings. The Bertz CT molecular complexity index is 348. The van der Waals surface area contributed by atoms with Crippen molar-refractivity contribution in [1.82, 2.24) is 10.6 Å². The summed E-state index contributed by atoms with van der Waals surface area (Å²) in [4.78, 5) is 13.0. The van der Waals surface area contributed by atoms with Crippen molar-refractivity contribution in [3.63, 3.8) is 0 Å². The number of hydrogen-bond donors (Lipinski definition) is 2. The molecule has 1 amide bonds. The molecule has 0 saturated carbocycles. The fourth-order valence-corrected chi connectivity index (χ4v) is 2.70. The second kappa shape index (κ2) is 7.51. The number of carbonyl (C=O) groups is 1. The summed E-state index contributed by atoms with van der Waals surface area (Å²) < 4.78 is 5.26. The molecule has 0 aliphatic carbocycles. The molecule has 1 aliphatic heterocycles. The monoisotopic (exact) mass is 268 g/mol. The zero-order valence-corrected chi connectivity index (χ0v) is 11.3. The van der Waals surface area contributed by atoms with E-state index in [-0.39, 0.29) is 5.91 Å². The Labute approximate surface area is 112 Å². The Morgan fingerprint density at radius 2 is 2.28 bits per heavy atom. The molecular weight excluding hydrogens is 248 g/mol. The van der Waals surface area contributed by atoms with E-state index in [2.05, 4.69) is 28.1 Å². The quantitative estimate of drug-likeness (QED) is 0.762. The van der Waals surface area contributed by atoms with Gasteiger partial charge in [-0.05, 0) is 30.7 Å². The Kier molecular flexibility index (Phi) is 5.64. The van der Waals surface area contributed by atoms with Gasteiger partial charge in [0.1, 0.15) is 0 Å². The molecule has 0 atom stereocenters. The number of carbonyl (C=O) groups excluding carboxylic acids is 1. The maximum absolute atomic E-state index is 11.7. The standard InChI is InChI=1S/C13H20N2O2S/c16-13(15-11-4-7-17-8-5-11)10-14-6-3-12-2-1-9-18-12/h1-2,9,11,14H,3-8,10H2,(H,15,16). The Balaban J connectivity index is 1.54. The molecule has 5 heteroatoms. The van der Waals surface area contributed by atoms with Crippen molar-refractivity contribution in [3.8, 4) is 0 Å². The summed E-state index contributed by atoms with van der Waals surface area (Å²) in [5, 5.41) is 8.29. The van der Waals surface area contributed by atoms with Crippen molar-refractivity contribution in [2.24, 2.45) is 0 Å². The first-order valence-electron chi connectivity index (χ1n) is 6.45. The molecule has 0 bridgehead atoms. The van der Waals surface area contributed by atoms with Crippen molar-refractivity contribution in [2.45, 2.75) is 25.3 Å². The molecule has 0 aromatic carbocycles. The topological polar surface area (TPSA) is 50.4 Å². The lowest BCUT2D eigenvalue weighted by molar-refractivity contribution is -0.121. The van der Waals surface area contributed by atoms with Crippen molar-refractivity contribution in [2.75, 3.05) is 26.3 Å². The average molecular weight is 268 g/mol. The fourth-order valence-electron chi connectivity index (χ4n) is 1.99. The molecule has 0 radical (unpaired) electrons. The summed E-state index contributed by atoms with van der Waals surface area (Å²) in [7, 11) is 0. The summed E-state index contributed by atoms with van der Waals surface area (Å²) in [5.41, 5.74) is 0. The molecular formula is C13H20N2O2S. The highest BCUT2D eigenvalue weighted by Crippen LogP contribution is 2.08. The lowest BCUT2D eigenvalue weighted by Gasteiger charge is -2.23. The van der Waals surface area contributed by atoms with E-state index in [1.54, 1.807) is 11.3 Å². The normalized spacial score (nSPS) is 16.7. The second-order valence-corrected chi connectivity index (χ2v) is 5.49. The minimum Gasteiger partial charge on any atom is -0.381 e. The van der Waals surface area contributed by atoms with Crippen LogP contribution in [-0.4, -0.2) is 38.3 Å². The third kappa shape index (κ3) is 4.76. The Morgan fingerprint density at radius 3 is 3.00 bits per heavy atom. The molecule has 18 heavy (non-hydrogen) atoms. The molecule has 2 rings (SSSR count). The first-order chi connectivity index (χ1) is 8.84. The zero-order valence-electron chi connectivity index (χ0n) is 10.5.